The number of carboxylic acids is 1. The highest BCUT2D eigenvalue weighted by Crippen LogP contribution is 2.41. The second-order valence-electron chi connectivity index (χ2n) is 9.46. The number of amides is 2. The molecule has 9 N–H and O–H groups in total. The molecule has 18 nitrogen and oxygen atoms in total. The number of aromatic nitrogens is 2. The second kappa shape index (κ2) is 14.4. The van der Waals surface area contributed by atoms with Gasteiger partial charge < -0.3 is 60.4 Å². The van der Waals surface area contributed by atoms with Gasteiger partial charge in [-0.15, -0.1) is 0 Å². The van der Waals surface area contributed by atoms with Crippen molar-refractivity contribution in [1.29, 1.82) is 0 Å². The van der Waals surface area contributed by atoms with Gasteiger partial charge in [0.15, 0.2) is 37.0 Å². The van der Waals surface area contributed by atoms with Gasteiger partial charge in [0.2, 0.25) is 0 Å². The van der Waals surface area contributed by atoms with Crippen molar-refractivity contribution >= 4 is 25.6 Å². The van der Waals surface area contributed by atoms with Crippen LogP contribution in [0, 0.1) is 0 Å². The zero-order chi connectivity index (χ0) is 32.1. The lowest BCUT2D eigenvalue weighted by Crippen LogP contribution is -2.46. The molecule has 2 fully saturated rings. The van der Waals surface area contributed by atoms with Gasteiger partial charge in [-0.1, -0.05) is 0 Å². The molecule has 2 aliphatic heterocycles. The summed E-state index contributed by atoms with van der Waals surface area (Å²) in [5.74, 6) is -2.29. The van der Waals surface area contributed by atoms with Gasteiger partial charge in [-0.25, -0.2) is 0 Å². The minimum absolute atomic E-state index is 0.114. The van der Waals surface area contributed by atoms with Crippen LogP contribution in [0.5, 0.6) is 0 Å². The molecular weight excluding hydrogens is 599 g/mol. The van der Waals surface area contributed by atoms with E-state index in [1.54, 1.807) is 0 Å². The fraction of sp³-hybridized carbons (Fsp3) is 0.458. The first-order valence-electron chi connectivity index (χ1n) is 12.6. The van der Waals surface area contributed by atoms with Crippen LogP contribution in [-0.2, 0) is 27.9 Å². The highest BCUT2D eigenvalue weighted by molar-refractivity contribution is 7.45. The standard InChI is InChI=1S/C22H27N4O12P.C2H4O2/c23-19(31)11-3-1-5-25(7-11)21-17(29)15(27)13(37-21)9-35-39(33,34)36-10-14-16(28)18(30)22(38-14)26-6-2-4-12(8-26)20(24)32;1-2(3)4/h1-8,13-18,21-22,27-30H,9-10H2,(H3-2,23,24,31,32,33,34);1H3,(H,3,4)/p+1/t13?,14?,15-,16-,17-,18-,21-,22-;/m1./s1. The van der Waals surface area contributed by atoms with E-state index in [0.717, 1.165) is 6.92 Å². The Labute approximate surface area is 243 Å². The third-order valence-corrected chi connectivity index (χ3v) is 7.20. The molecule has 8 atom stereocenters. The van der Waals surface area contributed by atoms with Crippen LogP contribution in [0.1, 0.15) is 40.1 Å². The summed E-state index contributed by atoms with van der Waals surface area (Å²) in [6, 6.07) is 5.82. The van der Waals surface area contributed by atoms with Crippen molar-refractivity contribution in [2.45, 2.75) is 56.0 Å². The zero-order valence-corrected chi connectivity index (χ0v) is 23.5. The molecule has 19 heteroatoms. The first-order chi connectivity index (χ1) is 20.1. The summed E-state index contributed by atoms with van der Waals surface area (Å²) in [5, 5.41) is 48.8. The number of carbonyl (C=O) groups excluding carboxylic acids is 2. The smallest absolute Gasteiger partial charge is 0.300 e. The third-order valence-electron chi connectivity index (χ3n) is 6.27. The molecule has 2 saturated heterocycles. The summed E-state index contributed by atoms with van der Waals surface area (Å²) in [6.45, 7) is -0.388. The Morgan fingerprint density at radius 2 is 1.19 bits per heavy atom. The van der Waals surface area contributed by atoms with Gasteiger partial charge >= 0.3 is 0 Å². The number of ether oxygens (including phenoxy) is 2. The lowest BCUT2D eigenvalue weighted by molar-refractivity contribution is -0.766. The number of aliphatic hydroxyl groups is 4. The summed E-state index contributed by atoms with van der Waals surface area (Å²) in [4.78, 5) is 44.2. The molecule has 4 rings (SSSR count). The molecule has 0 saturated carbocycles. The SMILES string of the molecule is CC(=O)O.NC(=O)c1ccc[n+]([C@@H]2OC(COP(=O)([O-])OCC3O[C@@H]([n+]4cccc(C(N)=O)c4)[C@H](O)[C@@H]3O)[C@@H](O)[C@H]2O)c1. The number of nitrogens with two attached hydrogens (primary N) is 2. The second-order valence-corrected chi connectivity index (χ2v) is 10.9. The Balaban J connectivity index is 0.00000119. The third kappa shape index (κ3) is 8.80. The average Bonchev–Trinajstić information content (AvgIpc) is 3.40. The molecule has 43 heavy (non-hydrogen) atoms. The number of aliphatic carboxylic acids is 1. The van der Waals surface area contributed by atoms with Gasteiger partial charge in [-0.05, 0) is 12.1 Å². The van der Waals surface area contributed by atoms with Crippen LogP contribution in [0.4, 0.5) is 0 Å². The van der Waals surface area contributed by atoms with E-state index in [2.05, 4.69) is 0 Å². The lowest BCUT2D eigenvalue weighted by Gasteiger charge is -2.26. The number of primary amides is 2. The molecule has 2 amide bonds. The molecule has 2 aromatic heterocycles. The van der Waals surface area contributed by atoms with E-state index < -0.39 is 87.9 Å². The van der Waals surface area contributed by atoms with E-state index in [-0.39, 0.29) is 11.1 Å². The molecule has 4 heterocycles. The molecule has 2 unspecified atom stereocenters. The van der Waals surface area contributed by atoms with Crippen molar-refractivity contribution in [3.8, 4) is 0 Å². The molecule has 2 aromatic rings. The van der Waals surface area contributed by atoms with Crippen molar-refractivity contribution in [2.75, 3.05) is 13.2 Å². The molecule has 0 spiro atoms. The zero-order valence-electron chi connectivity index (χ0n) is 22.6. The first-order valence-corrected chi connectivity index (χ1v) is 14.0. The molecule has 0 aliphatic carbocycles. The van der Waals surface area contributed by atoms with Gasteiger partial charge in [0.05, 0.1) is 13.2 Å². The number of hydrogen-bond donors (Lipinski definition) is 7. The van der Waals surface area contributed by atoms with Crippen LogP contribution >= 0.6 is 7.82 Å². The number of phosphoric ester groups is 1. The normalized spacial score (nSPS) is 29.7. The van der Waals surface area contributed by atoms with Crippen LogP contribution in [0.2, 0.25) is 0 Å². The monoisotopic (exact) mass is 631 g/mol. The summed E-state index contributed by atoms with van der Waals surface area (Å²) in [6.07, 6.45) is -5.54. The number of aliphatic hydroxyl groups excluding tert-OH is 4. The quantitative estimate of drug-likeness (QED) is 0.0972. The number of carboxylic acid groups (broad SMARTS) is 1. The molecule has 2 aliphatic rings. The van der Waals surface area contributed by atoms with E-state index in [1.165, 1.54) is 58.2 Å². The maximum Gasteiger partial charge on any atom is 0.300 e. The fourth-order valence-electron chi connectivity index (χ4n) is 4.19. The molecule has 236 valence electrons. The number of phosphoric acid groups is 1. The van der Waals surface area contributed by atoms with Crippen molar-refractivity contribution < 1.29 is 77.0 Å². The predicted molar refractivity (Wildman–Crippen MR) is 135 cm³/mol. The minimum Gasteiger partial charge on any atom is -0.756 e. The van der Waals surface area contributed by atoms with Crippen LogP contribution in [0.25, 0.3) is 0 Å². The predicted octanol–water partition coefficient (Wildman–Crippen LogP) is -4.01. The van der Waals surface area contributed by atoms with E-state index in [4.69, 9.17) is 39.9 Å². The van der Waals surface area contributed by atoms with Crippen molar-refractivity contribution in [2.24, 2.45) is 11.5 Å². The maximum atomic E-state index is 12.3. The highest BCUT2D eigenvalue weighted by Gasteiger charge is 2.50. The maximum absolute atomic E-state index is 12.3. The van der Waals surface area contributed by atoms with Gasteiger partial charge in [0, 0.05) is 19.1 Å². The topological polar surface area (TPSA) is 289 Å². The van der Waals surface area contributed by atoms with Gasteiger partial charge in [-0.3, -0.25) is 18.9 Å². The van der Waals surface area contributed by atoms with Crippen molar-refractivity contribution in [3.63, 3.8) is 0 Å². The molecular formula is C24H32N4O14P+. The van der Waals surface area contributed by atoms with E-state index in [9.17, 15) is 39.5 Å². The Bertz CT molecular complexity index is 1270. The van der Waals surface area contributed by atoms with E-state index >= 15 is 0 Å². The van der Waals surface area contributed by atoms with Gasteiger partial charge in [-0.2, -0.15) is 9.13 Å². The lowest BCUT2D eigenvalue weighted by atomic mass is 10.1. The summed E-state index contributed by atoms with van der Waals surface area (Å²) in [5.41, 5.74) is 10.7. The Hall–Kier alpha value is -3.42. The number of carbonyl (C=O) groups is 3. The average molecular weight is 632 g/mol. The van der Waals surface area contributed by atoms with Crippen molar-refractivity contribution in [1.82, 2.24) is 0 Å². The van der Waals surface area contributed by atoms with Crippen LogP contribution in [-0.4, -0.2) is 93.2 Å². The fourth-order valence-corrected chi connectivity index (χ4v) is 4.92. The van der Waals surface area contributed by atoms with Crippen LogP contribution in [0.15, 0.2) is 49.1 Å². The Morgan fingerprint density at radius 3 is 1.51 bits per heavy atom. The Kier molecular flexibility index (Phi) is 11.4. The van der Waals surface area contributed by atoms with Crippen LogP contribution in [0.3, 0.4) is 0 Å². The number of rotatable bonds is 10. The van der Waals surface area contributed by atoms with Crippen LogP contribution < -0.4 is 25.5 Å². The van der Waals surface area contributed by atoms with Gasteiger partial charge in [0.1, 0.15) is 35.5 Å². The van der Waals surface area contributed by atoms with Crippen molar-refractivity contribution in [3.05, 3.63) is 60.2 Å². The Morgan fingerprint density at radius 1 is 0.837 bits per heavy atom. The summed E-state index contributed by atoms with van der Waals surface area (Å²) < 4.78 is 35.6. The number of pyridine rings is 2. The van der Waals surface area contributed by atoms with Gasteiger partial charge in [0.25, 0.3) is 38.1 Å². The minimum atomic E-state index is -5.05. The number of nitrogens with zero attached hydrogens (tertiary/aromatic N) is 2. The molecule has 0 radical (unpaired) electrons. The van der Waals surface area contributed by atoms with E-state index in [0.29, 0.717) is 0 Å². The van der Waals surface area contributed by atoms with E-state index in [1.807, 2.05) is 0 Å². The first kappa shape index (κ1) is 34.1. The summed E-state index contributed by atoms with van der Waals surface area (Å²) >= 11 is 0. The molecule has 0 bridgehead atoms. The highest BCUT2D eigenvalue weighted by atomic mass is 31.2. The number of hydrogen-bond acceptors (Lipinski definition) is 13. The largest absolute Gasteiger partial charge is 0.756 e. The molecule has 0 aromatic carbocycles. The summed E-state index contributed by atoms with van der Waals surface area (Å²) in [7, 11) is -5.05.